The molecule has 2 N–H and O–H groups in total. The number of hydrogen-bond donors (Lipinski definition) is 2. The number of aromatic carboxylic acids is 1. The third kappa shape index (κ3) is 2.46. The van der Waals surface area contributed by atoms with Crippen LogP contribution in [0.25, 0.3) is 11.1 Å². The zero-order valence-electron chi connectivity index (χ0n) is 9.64. The molecule has 4 nitrogen and oxygen atoms in total. The van der Waals surface area contributed by atoms with Crippen molar-refractivity contribution in [3.63, 3.8) is 0 Å². The lowest BCUT2D eigenvalue weighted by molar-refractivity contribution is 0.0697. The first-order valence-corrected chi connectivity index (χ1v) is 6.45. The molecule has 0 amide bonds. The molecule has 0 atom stereocenters. The van der Waals surface area contributed by atoms with Crippen molar-refractivity contribution >= 4 is 17.7 Å². The normalized spacial score (nSPS) is 10.3. The number of pyridine rings is 1. The summed E-state index contributed by atoms with van der Waals surface area (Å²) in [6, 6.07) is 8.62. The van der Waals surface area contributed by atoms with Gasteiger partial charge in [-0.15, -0.1) is 11.8 Å². The molecule has 1 aromatic carbocycles. The topological polar surface area (TPSA) is 70.2 Å². The molecule has 0 unspecified atom stereocenters. The summed E-state index contributed by atoms with van der Waals surface area (Å²) in [7, 11) is 0. The zero-order valence-corrected chi connectivity index (χ0v) is 10.5. The molecule has 92 valence electrons. The Hall–Kier alpha value is -2.01. The van der Waals surface area contributed by atoms with E-state index in [1.54, 1.807) is 11.8 Å². The van der Waals surface area contributed by atoms with E-state index < -0.39 is 11.5 Å². The third-order valence-corrected chi connectivity index (χ3v) is 3.26. The highest BCUT2D eigenvalue weighted by molar-refractivity contribution is 7.98. The van der Waals surface area contributed by atoms with Gasteiger partial charge in [0, 0.05) is 22.7 Å². The first kappa shape index (κ1) is 12.4. The molecule has 2 aromatic rings. The molecule has 18 heavy (non-hydrogen) atoms. The average Bonchev–Trinajstić information content (AvgIpc) is 2.38. The molecule has 0 aliphatic heterocycles. The number of benzene rings is 1. The summed E-state index contributed by atoms with van der Waals surface area (Å²) in [6.45, 7) is 0. The Morgan fingerprint density at radius 2 is 2.11 bits per heavy atom. The van der Waals surface area contributed by atoms with Crippen LogP contribution in [0.5, 0.6) is 0 Å². The first-order valence-electron chi connectivity index (χ1n) is 5.22. The fourth-order valence-electron chi connectivity index (χ4n) is 1.68. The van der Waals surface area contributed by atoms with Crippen LogP contribution in [-0.2, 0) is 0 Å². The summed E-state index contributed by atoms with van der Waals surface area (Å²) in [5, 5.41) is 9.12. The Labute approximate surface area is 108 Å². The third-order valence-electron chi connectivity index (χ3n) is 2.54. The van der Waals surface area contributed by atoms with Gasteiger partial charge in [-0.25, -0.2) is 4.79 Å². The molecule has 0 bridgehead atoms. The molecule has 1 aromatic heterocycles. The van der Waals surface area contributed by atoms with Gasteiger partial charge in [-0.05, 0) is 24.0 Å². The van der Waals surface area contributed by atoms with E-state index in [-0.39, 0.29) is 5.56 Å². The standard InChI is InChI=1S/C13H11NO3S/c1-18-9-4-2-3-8(5-9)11-7-14-12(15)6-10(11)13(16)17/h2-7H,1H3,(H,14,15)(H,16,17). The van der Waals surface area contributed by atoms with Crippen LogP contribution in [0, 0.1) is 0 Å². The largest absolute Gasteiger partial charge is 0.478 e. The smallest absolute Gasteiger partial charge is 0.336 e. The van der Waals surface area contributed by atoms with E-state index in [0.29, 0.717) is 5.56 Å². The maximum Gasteiger partial charge on any atom is 0.336 e. The predicted molar refractivity (Wildman–Crippen MR) is 71.2 cm³/mol. The van der Waals surface area contributed by atoms with Crippen LogP contribution in [0.15, 0.2) is 46.2 Å². The molecule has 0 fully saturated rings. The van der Waals surface area contributed by atoms with Gasteiger partial charge in [-0.1, -0.05) is 12.1 Å². The second-order valence-electron chi connectivity index (χ2n) is 3.66. The van der Waals surface area contributed by atoms with Crippen molar-refractivity contribution in [1.82, 2.24) is 4.98 Å². The maximum atomic E-state index is 11.2. The highest BCUT2D eigenvalue weighted by atomic mass is 32.2. The SMILES string of the molecule is CSc1cccc(-c2c[nH]c(=O)cc2C(=O)O)c1. The number of thioether (sulfide) groups is 1. The van der Waals surface area contributed by atoms with Crippen molar-refractivity contribution in [2.75, 3.05) is 6.26 Å². The molecular weight excluding hydrogens is 250 g/mol. The van der Waals surface area contributed by atoms with Gasteiger partial charge in [0.15, 0.2) is 0 Å². The highest BCUT2D eigenvalue weighted by Gasteiger charge is 2.12. The minimum Gasteiger partial charge on any atom is -0.478 e. The lowest BCUT2D eigenvalue weighted by atomic mass is 10.0. The summed E-state index contributed by atoms with van der Waals surface area (Å²) >= 11 is 1.58. The summed E-state index contributed by atoms with van der Waals surface area (Å²) in [5.41, 5.74) is 0.877. The van der Waals surface area contributed by atoms with Gasteiger partial charge in [0.25, 0.3) is 0 Å². The van der Waals surface area contributed by atoms with Gasteiger partial charge < -0.3 is 10.1 Å². The summed E-state index contributed by atoms with van der Waals surface area (Å²) in [5.74, 6) is -1.11. The van der Waals surface area contributed by atoms with Crippen molar-refractivity contribution in [2.45, 2.75) is 4.90 Å². The number of aromatic nitrogens is 1. The molecule has 2 rings (SSSR count). The number of H-pyrrole nitrogens is 1. The molecule has 0 aliphatic rings. The number of hydrogen-bond acceptors (Lipinski definition) is 3. The molecule has 0 saturated carbocycles. The lowest BCUT2D eigenvalue weighted by Gasteiger charge is -2.06. The molecule has 1 heterocycles. The van der Waals surface area contributed by atoms with E-state index in [1.165, 1.54) is 6.20 Å². The molecule has 0 saturated heterocycles. The first-order chi connectivity index (χ1) is 8.61. The van der Waals surface area contributed by atoms with Crippen molar-refractivity contribution in [2.24, 2.45) is 0 Å². The van der Waals surface area contributed by atoms with Crippen molar-refractivity contribution < 1.29 is 9.90 Å². The van der Waals surface area contributed by atoms with E-state index in [2.05, 4.69) is 4.98 Å². The number of nitrogens with one attached hydrogen (secondary N) is 1. The molecule has 0 radical (unpaired) electrons. The number of rotatable bonds is 3. The number of carbonyl (C=O) groups is 1. The predicted octanol–water partition coefficient (Wildman–Crippen LogP) is 2.46. The quantitative estimate of drug-likeness (QED) is 0.833. The van der Waals surface area contributed by atoms with Gasteiger partial charge in [-0.2, -0.15) is 0 Å². The van der Waals surface area contributed by atoms with E-state index in [1.807, 2.05) is 30.5 Å². The maximum absolute atomic E-state index is 11.2. The fraction of sp³-hybridized carbons (Fsp3) is 0.0769. The number of aromatic amines is 1. The number of carboxylic acid groups (broad SMARTS) is 1. The molecule has 0 spiro atoms. The molecular formula is C13H11NO3S. The van der Waals surface area contributed by atoms with E-state index in [0.717, 1.165) is 16.5 Å². The number of carboxylic acids is 1. The Morgan fingerprint density at radius 3 is 2.78 bits per heavy atom. The van der Waals surface area contributed by atoms with Crippen molar-refractivity contribution in [1.29, 1.82) is 0 Å². The Kier molecular flexibility index (Phi) is 3.53. The Bertz CT molecular complexity index is 649. The minimum absolute atomic E-state index is 0.0111. The van der Waals surface area contributed by atoms with Crippen LogP contribution >= 0.6 is 11.8 Å². The summed E-state index contributed by atoms with van der Waals surface area (Å²) in [4.78, 5) is 25.9. The van der Waals surface area contributed by atoms with Gasteiger partial charge in [0.2, 0.25) is 5.56 Å². The van der Waals surface area contributed by atoms with Crippen LogP contribution in [0.3, 0.4) is 0 Å². The van der Waals surface area contributed by atoms with Crippen LogP contribution in [-0.4, -0.2) is 22.3 Å². The molecule has 0 aliphatic carbocycles. The van der Waals surface area contributed by atoms with E-state index in [9.17, 15) is 9.59 Å². The van der Waals surface area contributed by atoms with Gasteiger partial charge >= 0.3 is 5.97 Å². The van der Waals surface area contributed by atoms with E-state index in [4.69, 9.17) is 5.11 Å². The summed E-state index contributed by atoms with van der Waals surface area (Å²) in [6.07, 6.45) is 3.38. The minimum atomic E-state index is -1.11. The fourth-order valence-corrected chi connectivity index (χ4v) is 2.14. The van der Waals surface area contributed by atoms with Gasteiger partial charge in [0.1, 0.15) is 0 Å². The lowest BCUT2D eigenvalue weighted by Crippen LogP contribution is -2.10. The van der Waals surface area contributed by atoms with Crippen LogP contribution < -0.4 is 5.56 Å². The highest BCUT2D eigenvalue weighted by Crippen LogP contribution is 2.26. The van der Waals surface area contributed by atoms with Crippen molar-refractivity contribution in [3.8, 4) is 11.1 Å². The second kappa shape index (κ2) is 5.10. The summed E-state index contributed by atoms with van der Waals surface area (Å²) < 4.78 is 0. The monoisotopic (exact) mass is 261 g/mol. The van der Waals surface area contributed by atoms with Crippen molar-refractivity contribution in [3.05, 3.63) is 52.4 Å². The van der Waals surface area contributed by atoms with Crippen LogP contribution in [0.4, 0.5) is 0 Å². The van der Waals surface area contributed by atoms with Crippen LogP contribution in [0.1, 0.15) is 10.4 Å². The van der Waals surface area contributed by atoms with Gasteiger partial charge in [-0.3, -0.25) is 4.79 Å². The van der Waals surface area contributed by atoms with E-state index >= 15 is 0 Å². The Balaban J connectivity index is 2.62. The molecule has 5 heteroatoms. The van der Waals surface area contributed by atoms with Crippen LogP contribution in [0.2, 0.25) is 0 Å². The van der Waals surface area contributed by atoms with Gasteiger partial charge in [0.05, 0.1) is 5.56 Å². The average molecular weight is 261 g/mol. The second-order valence-corrected chi connectivity index (χ2v) is 4.54. The Morgan fingerprint density at radius 1 is 1.33 bits per heavy atom. The zero-order chi connectivity index (χ0) is 13.1.